The second-order valence-electron chi connectivity index (χ2n) is 3.86. The fourth-order valence-electron chi connectivity index (χ4n) is 1.87. The standard InChI is InChI=1S/C10H13FN4O2/c11-7-5-10(15(16)17)8(12)6-9(7)14-3-1-13-2-4-14/h5-6,13H,1-4,12H2. The summed E-state index contributed by atoms with van der Waals surface area (Å²) < 4.78 is 13.8. The van der Waals surface area contributed by atoms with E-state index in [2.05, 4.69) is 5.32 Å². The fraction of sp³-hybridized carbons (Fsp3) is 0.400. The Morgan fingerprint density at radius 1 is 1.41 bits per heavy atom. The van der Waals surface area contributed by atoms with Crippen molar-refractivity contribution >= 4 is 17.1 Å². The summed E-state index contributed by atoms with van der Waals surface area (Å²) in [5.41, 5.74) is 5.48. The number of nitrogens with one attached hydrogen (secondary N) is 1. The Kier molecular flexibility index (Phi) is 3.10. The Morgan fingerprint density at radius 2 is 2.06 bits per heavy atom. The maximum Gasteiger partial charge on any atom is 0.295 e. The summed E-state index contributed by atoms with van der Waals surface area (Å²) in [5, 5.41) is 13.7. The lowest BCUT2D eigenvalue weighted by Crippen LogP contribution is -2.43. The number of anilines is 2. The smallest absolute Gasteiger partial charge is 0.295 e. The molecule has 1 aliphatic heterocycles. The number of nitro groups is 1. The number of nitrogen functional groups attached to an aromatic ring is 1. The van der Waals surface area contributed by atoms with Crippen LogP contribution < -0.4 is 16.0 Å². The molecule has 17 heavy (non-hydrogen) atoms. The molecule has 1 saturated heterocycles. The van der Waals surface area contributed by atoms with Crippen LogP contribution in [0.4, 0.5) is 21.5 Å². The summed E-state index contributed by atoms with van der Waals surface area (Å²) in [5.74, 6) is -0.604. The monoisotopic (exact) mass is 240 g/mol. The van der Waals surface area contributed by atoms with E-state index in [1.807, 2.05) is 4.90 Å². The highest BCUT2D eigenvalue weighted by atomic mass is 19.1. The average Bonchev–Trinajstić information content (AvgIpc) is 2.32. The van der Waals surface area contributed by atoms with Crippen LogP contribution in [-0.2, 0) is 0 Å². The highest BCUT2D eigenvalue weighted by molar-refractivity contribution is 5.67. The van der Waals surface area contributed by atoms with Crippen molar-refractivity contribution in [3.05, 3.63) is 28.1 Å². The molecule has 0 aliphatic carbocycles. The number of hydrogen-bond donors (Lipinski definition) is 2. The van der Waals surface area contributed by atoms with Gasteiger partial charge in [-0.3, -0.25) is 10.1 Å². The number of nitro benzene ring substituents is 1. The van der Waals surface area contributed by atoms with Crippen LogP contribution in [0, 0.1) is 15.9 Å². The molecule has 0 aromatic heterocycles. The SMILES string of the molecule is Nc1cc(N2CCNCC2)c(F)cc1[N+](=O)[O-]. The van der Waals surface area contributed by atoms with Gasteiger partial charge in [0.15, 0.2) is 5.82 Å². The van der Waals surface area contributed by atoms with Gasteiger partial charge >= 0.3 is 0 Å². The van der Waals surface area contributed by atoms with Gasteiger partial charge in [-0.1, -0.05) is 0 Å². The molecule has 2 rings (SSSR count). The Morgan fingerprint density at radius 3 is 2.65 bits per heavy atom. The minimum Gasteiger partial charge on any atom is -0.393 e. The number of rotatable bonds is 2. The first kappa shape index (κ1) is 11.6. The van der Waals surface area contributed by atoms with Crippen LogP contribution in [0.2, 0.25) is 0 Å². The molecule has 3 N–H and O–H groups in total. The first-order valence-electron chi connectivity index (χ1n) is 5.28. The van der Waals surface area contributed by atoms with E-state index in [9.17, 15) is 14.5 Å². The van der Waals surface area contributed by atoms with Gasteiger partial charge in [-0.15, -0.1) is 0 Å². The molecule has 0 spiro atoms. The number of halogens is 1. The van der Waals surface area contributed by atoms with E-state index in [1.54, 1.807) is 0 Å². The Hall–Kier alpha value is -1.89. The van der Waals surface area contributed by atoms with Crippen LogP contribution in [-0.4, -0.2) is 31.1 Å². The summed E-state index contributed by atoms with van der Waals surface area (Å²) in [6.07, 6.45) is 0. The van der Waals surface area contributed by atoms with E-state index in [-0.39, 0.29) is 11.4 Å². The topological polar surface area (TPSA) is 84.4 Å². The first-order chi connectivity index (χ1) is 8.09. The molecule has 0 unspecified atom stereocenters. The molecule has 1 aromatic rings. The van der Waals surface area contributed by atoms with Crippen LogP contribution in [0.25, 0.3) is 0 Å². The number of piperazine rings is 1. The van der Waals surface area contributed by atoms with Crippen molar-refractivity contribution in [2.24, 2.45) is 0 Å². The summed E-state index contributed by atoms with van der Waals surface area (Å²) in [6, 6.07) is 2.21. The van der Waals surface area contributed by atoms with Gasteiger partial charge in [0, 0.05) is 26.2 Å². The molecule has 1 aromatic carbocycles. The van der Waals surface area contributed by atoms with Crippen molar-refractivity contribution in [1.82, 2.24) is 5.32 Å². The first-order valence-corrected chi connectivity index (χ1v) is 5.28. The lowest BCUT2D eigenvalue weighted by Gasteiger charge is -2.29. The van der Waals surface area contributed by atoms with Crippen LogP contribution in [0.1, 0.15) is 0 Å². The normalized spacial score (nSPS) is 15.9. The van der Waals surface area contributed by atoms with Gasteiger partial charge in [-0.2, -0.15) is 0 Å². The van der Waals surface area contributed by atoms with E-state index >= 15 is 0 Å². The molecule has 0 amide bonds. The molecule has 92 valence electrons. The molecular weight excluding hydrogens is 227 g/mol. The summed E-state index contributed by atoms with van der Waals surface area (Å²) in [6.45, 7) is 2.84. The van der Waals surface area contributed by atoms with Crippen molar-refractivity contribution < 1.29 is 9.31 Å². The van der Waals surface area contributed by atoms with E-state index in [0.29, 0.717) is 18.8 Å². The predicted octanol–water partition coefficient (Wildman–Crippen LogP) is 0.726. The molecule has 0 bridgehead atoms. The molecule has 7 heteroatoms. The van der Waals surface area contributed by atoms with Crippen LogP contribution >= 0.6 is 0 Å². The fourth-order valence-corrected chi connectivity index (χ4v) is 1.87. The molecule has 0 radical (unpaired) electrons. The van der Waals surface area contributed by atoms with E-state index in [0.717, 1.165) is 19.2 Å². The number of benzene rings is 1. The van der Waals surface area contributed by atoms with Gasteiger partial charge in [0.05, 0.1) is 16.7 Å². The zero-order valence-electron chi connectivity index (χ0n) is 9.15. The lowest BCUT2D eigenvalue weighted by atomic mass is 10.2. The summed E-state index contributed by atoms with van der Waals surface area (Å²) in [7, 11) is 0. The highest BCUT2D eigenvalue weighted by Gasteiger charge is 2.20. The van der Waals surface area contributed by atoms with Crippen molar-refractivity contribution in [1.29, 1.82) is 0 Å². The van der Waals surface area contributed by atoms with E-state index < -0.39 is 10.7 Å². The Labute approximate surface area is 97.4 Å². The van der Waals surface area contributed by atoms with Gasteiger partial charge < -0.3 is 16.0 Å². The molecule has 1 heterocycles. The summed E-state index contributed by atoms with van der Waals surface area (Å²) >= 11 is 0. The van der Waals surface area contributed by atoms with Crippen LogP contribution in [0.5, 0.6) is 0 Å². The third-order valence-corrected chi connectivity index (χ3v) is 2.75. The second kappa shape index (κ2) is 4.54. The Bertz CT molecular complexity index is 446. The molecule has 1 fully saturated rings. The van der Waals surface area contributed by atoms with Crippen LogP contribution in [0.3, 0.4) is 0 Å². The summed E-state index contributed by atoms with van der Waals surface area (Å²) in [4.78, 5) is 11.7. The Balaban J connectivity index is 2.35. The van der Waals surface area contributed by atoms with Gasteiger partial charge in [0.1, 0.15) is 5.69 Å². The average molecular weight is 240 g/mol. The maximum atomic E-state index is 13.8. The molecule has 0 atom stereocenters. The maximum absolute atomic E-state index is 13.8. The number of nitrogens with zero attached hydrogens (tertiary/aromatic N) is 2. The molecule has 6 nitrogen and oxygen atoms in total. The molecular formula is C10H13FN4O2. The van der Waals surface area contributed by atoms with E-state index in [1.165, 1.54) is 6.07 Å². The third-order valence-electron chi connectivity index (χ3n) is 2.75. The van der Waals surface area contributed by atoms with Gasteiger partial charge in [-0.05, 0) is 6.07 Å². The third kappa shape index (κ3) is 2.28. The van der Waals surface area contributed by atoms with Crippen molar-refractivity contribution in [3.8, 4) is 0 Å². The quantitative estimate of drug-likeness (QED) is 0.452. The highest BCUT2D eigenvalue weighted by Crippen LogP contribution is 2.30. The lowest BCUT2D eigenvalue weighted by molar-refractivity contribution is -0.384. The minimum atomic E-state index is -0.681. The van der Waals surface area contributed by atoms with Gasteiger partial charge in [0.2, 0.25) is 0 Å². The predicted molar refractivity (Wildman–Crippen MR) is 62.5 cm³/mol. The second-order valence-corrected chi connectivity index (χ2v) is 3.86. The van der Waals surface area contributed by atoms with Crippen molar-refractivity contribution in [2.45, 2.75) is 0 Å². The minimum absolute atomic E-state index is 0.00932. The van der Waals surface area contributed by atoms with Gasteiger partial charge in [0.25, 0.3) is 5.69 Å². The van der Waals surface area contributed by atoms with Crippen LogP contribution in [0.15, 0.2) is 12.1 Å². The van der Waals surface area contributed by atoms with Crippen molar-refractivity contribution in [2.75, 3.05) is 36.8 Å². The zero-order valence-corrected chi connectivity index (χ0v) is 9.15. The van der Waals surface area contributed by atoms with E-state index in [4.69, 9.17) is 5.73 Å². The molecule has 0 saturated carbocycles. The molecule has 1 aliphatic rings. The number of nitrogens with two attached hydrogens (primary N) is 1. The van der Waals surface area contributed by atoms with Gasteiger partial charge in [-0.25, -0.2) is 4.39 Å². The largest absolute Gasteiger partial charge is 0.393 e. The zero-order chi connectivity index (χ0) is 12.4. The number of hydrogen-bond acceptors (Lipinski definition) is 5. The van der Waals surface area contributed by atoms with Crippen molar-refractivity contribution in [3.63, 3.8) is 0 Å².